The predicted octanol–water partition coefficient (Wildman–Crippen LogP) is 3.98. The molecule has 0 radical (unpaired) electrons. The van der Waals surface area contributed by atoms with Gasteiger partial charge in [0.1, 0.15) is 5.82 Å². The lowest BCUT2D eigenvalue weighted by Gasteiger charge is -2.39. The third-order valence-corrected chi connectivity index (χ3v) is 4.84. The van der Waals surface area contributed by atoms with Gasteiger partial charge in [-0.1, -0.05) is 0 Å². The summed E-state index contributed by atoms with van der Waals surface area (Å²) in [6, 6.07) is 5.81. The summed E-state index contributed by atoms with van der Waals surface area (Å²) in [6.45, 7) is 4.81. The number of nitrogens with zero attached hydrogens (tertiary/aromatic N) is 2. The molecular weight excluding hydrogens is 389 g/mol. The number of rotatable bonds is 3. The Hall–Kier alpha value is -1.99. The van der Waals surface area contributed by atoms with Gasteiger partial charge in [0.05, 0.1) is 48.4 Å². The molecule has 3 rings (SSSR count). The van der Waals surface area contributed by atoms with Crippen molar-refractivity contribution in [3.05, 3.63) is 52.5 Å². The van der Waals surface area contributed by atoms with Crippen molar-refractivity contribution in [2.45, 2.75) is 25.9 Å². The van der Waals surface area contributed by atoms with E-state index in [1.165, 1.54) is 12.1 Å². The summed E-state index contributed by atoms with van der Waals surface area (Å²) in [5.41, 5.74) is 1.52. The topological polar surface area (TPSA) is 54.5 Å². The third-order valence-electron chi connectivity index (χ3n) is 4.15. The minimum Gasteiger partial charge on any atom is -0.377 e. The van der Waals surface area contributed by atoms with E-state index in [2.05, 4.69) is 26.2 Å². The standard InChI is InChI=1S/C18H19BrFN3O2/c1-11-9-25-10-12(2)23(11)18(24)14-7-13(20)3-4-16(14)22-17-8-21-6-5-15(17)19/h3-8,11-12,22H,9-10H2,1-2H3/t11-,12-/m1/s1. The molecule has 1 fully saturated rings. The van der Waals surface area contributed by atoms with Crippen molar-refractivity contribution < 1.29 is 13.9 Å². The highest BCUT2D eigenvalue weighted by Gasteiger charge is 2.31. The number of nitrogens with one attached hydrogen (secondary N) is 1. The molecule has 2 heterocycles. The fourth-order valence-corrected chi connectivity index (χ4v) is 3.28. The number of carbonyl (C=O) groups is 1. The van der Waals surface area contributed by atoms with Gasteiger partial charge in [0.15, 0.2) is 0 Å². The maximum Gasteiger partial charge on any atom is 0.256 e. The van der Waals surface area contributed by atoms with E-state index < -0.39 is 5.82 Å². The van der Waals surface area contributed by atoms with Crippen LogP contribution in [-0.4, -0.2) is 41.1 Å². The molecule has 0 spiro atoms. The smallest absolute Gasteiger partial charge is 0.256 e. The first-order valence-electron chi connectivity index (χ1n) is 8.04. The SMILES string of the molecule is C[C@@H]1COC[C@@H](C)N1C(=O)c1cc(F)ccc1Nc1cnccc1Br. The van der Waals surface area contributed by atoms with Crippen molar-refractivity contribution in [3.63, 3.8) is 0 Å². The molecule has 1 aliphatic rings. The van der Waals surface area contributed by atoms with Crippen LogP contribution < -0.4 is 5.32 Å². The second-order valence-corrected chi connectivity index (χ2v) is 6.97. The quantitative estimate of drug-likeness (QED) is 0.835. The third kappa shape index (κ3) is 3.82. The van der Waals surface area contributed by atoms with E-state index >= 15 is 0 Å². The Balaban J connectivity index is 1.96. The van der Waals surface area contributed by atoms with Crippen LogP contribution in [0.5, 0.6) is 0 Å². The van der Waals surface area contributed by atoms with E-state index in [9.17, 15) is 9.18 Å². The lowest BCUT2D eigenvalue weighted by molar-refractivity contribution is -0.0249. The van der Waals surface area contributed by atoms with Gasteiger partial charge in [-0.05, 0) is 54.0 Å². The summed E-state index contributed by atoms with van der Waals surface area (Å²) in [5.74, 6) is -0.668. The Morgan fingerprint density at radius 1 is 1.28 bits per heavy atom. The molecule has 2 atom stereocenters. The number of benzene rings is 1. The molecule has 7 heteroatoms. The lowest BCUT2D eigenvalue weighted by Crippen LogP contribution is -2.52. The molecule has 0 saturated carbocycles. The second kappa shape index (κ2) is 7.49. The summed E-state index contributed by atoms with van der Waals surface area (Å²) in [7, 11) is 0. The van der Waals surface area contributed by atoms with Gasteiger partial charge >= 0.3 is 0 Å². The van der Waals surface area contributed by atoms with Crippen molar-refractivity contribution in [3.8, 4) is 0 Å². The van der Waals surface area contributed by atoms with Gasteiger partial charge in [0.2, 0.25) is 0 Å². The van der Waals surface area contributed by atoms with E-state index in [1.807, 2.05) is 13.8 Å². The van der Waals surface area contributed by atoms with Crippen molar-refractivity contribution >= 4 is 33.2 Å². The fourth-order valence-electron chi connectivity index (χ4n) is 2.96. The van der Waals surface area contributed by atoms with Gasteiger partial charge in [-0.2, -0.15) is 0 Å². The maximum atomic E-state index is 13.8. The Kier molecular flexibility index (Phi) is 5.34. The number of hydrogen-bond acceptors (Lipinski definition) is 4. The minimum atomic E-state index is -0.451. The van der Waals surface area contributed by atoms with E-state index in [0.29, 0.717) is 24.6 Å². The van der Waals surface area contributed by atoms with Crippen LogP contribution in [0.2, 0.25) is 0 Å². The second-order valence-electron chi connectivity index (χ2n) is 6.12. The number of amides is 1. The molecule has 1 aromatic heterocycles. The van der Waals surface area contributed by atoms with Crippen LogP contribution in [0.15, 0.2) is 41.1 Å². The molecular formula is C18H19BrFN3O2. The molecule has 2 aromatic rings. The zero-order chi connectivity index (χ0) is 18.0. The Morgan fingerprint density at radius 2 is 2.00 bits per heavy atom. The molecule has 25 heavy (non-hydrogen) atoms. The van der Waals surface area contributed by atoms with Crippen molar-refractivity contribution in [2.24, 2.45) is 0 Å². The van der Waals surface area contributed by atoms with E-state index in [1.54, 1.807) is 29.4 Å². The summed E-state index contributed by atoms with van der Waals surface area (Å²) in [4.78, 5) is 18.9. The number of anilines is 2. The van der Waals surface area contributed by atoms with Crippen LogP contribution in [0.25, 0.3) is 0 Å². The van der Waals surface area contributed by atoms with Crippen LogP contribution in [0, 0.1) is 5.82 Å². The maximum absolute atomic E-state index is 13.8. The normalized spacial score (nSPS) is 20.4. The largest absolute Gasteiger partial charge is 0.377 e. The van der Waals surface area contributed by atoms with Gasteiger partial charge in [-0.3, -0.25) is 9.78 Å². The minimum absolute atomic E-state index is 0.0718. The number of aromatic nitrogens is 1. The molecule has 1 aliphatic heterocycles. The molecule has 1 amide bonds. The first-order chi connectivity index (χ1) is 12.0. The van der Waals surface area contributed by atoms with Gasteiger partial charge in [0, 0.05) is 10.7 Å². The summed E-state index contributed by atoms with van der Waals surface area (Å²) < 4.78 is 20.1. The lowest BCUT2D eigenvalue weighted by atomic mass is 10.1. The van der Waals surface area contributed by atoms with E-state index in [0.717, 1.165) is 4.47 Å². The van der Waals surface area contributed by atoms with E-state index in [-0.39, 0.29) is 23.6 Å². The van der Waals surface area contributed by atoms with Gasteiger partial charge in [0.25, 0.3) is 5.91 Å². The molecule has 0 aliphatic carbocycles. The highest BCUT2D eigenvalue weighted by atomic mass is 79.9. The Bertz CT molecular complexity index is 777. The molecule has 0 unspecified atom stereocenters. The number of hydrogen-bond donors (Lipinski definition) is 1. The summed E-state index contributed by atoms with van der Waals surface area (Å²) in [6.07, 6.45) is 3.30. The van der Waals surface area contributed by atoms with Crippen molar-refractivity contribution in [2.75, 3.05) is 18.5 Å². The molecule has 1 aromatic carbocycles. The number of carbonyl (C=O) groups excluding carboxylic acids is 1. The molecule has 1 N–H and O–H groups in total. The Morgan fingerprint density at radius 3 is 2.68 bits per heavy atom. The molecule has 1 saturated heterocycles. The highest BCUT2D eigenvalue weighted by Crippen LogP contribution is 2.29. The number of morpholine rings is 1. The monoisotopic (exact) mass is 407 g/mol. The Labute approximate surface area is 154 Å². The average molecular weight is 408 g/mol. The van der Waals surface area contributed by atoms with Crippen LogP contribution >= 0.6 is 15.9 Å². The summed E-state index contributed by atoms with van der Waals surface area (Å²) in [5, 5.41) is 3.16. The average Bonchev–Trinajstić information content (AvgIpc) is 2.58. The number of halogens is 2. The zero-order valence-electron chi connectivity index (χ0n) is 14.0. The van der Waals surface area contributed by atoms with Crippen LogP contribution in [0.1, 0.15) is 24.2 Å². The van der Waals surface area contributed by atoms with Crippen LogP contribution in [-0.2, 0) is 4.74 Å². The zero-order valence-corrected chi connectivity index (χ0v) is 15.6. The van der Waals surface area contributed by atoms with Gasteiger partial charge < -0.3 is 15.0 Å². The summed E-state index contributed by atoms with van der Waals surface area (Å²) >= 11 is 3.44. The predicted molar refractivity (Wildman–Crippen MR) is 97.5 cm³/mol. The molecule has 0 bridgehead atoms. The van der Waals surface area contributed by atoms with Crippen LogP contribution in [0.4, 0.5) is 15.8 Å². The van der Waals surface area contributed by atoms with E-state index in [4.69, 9.17) is 4.74 Å². The number of ether oxygens (including phenoxy) is 1. The van der Waals surface area contributed by atoms with Crippen LogP contribution in [0.3, 0.4) is 0 Å². The van der Waals surface area contributed by atoms with Crippen molar-refractivity contribution in [1.29, 1.82) is 0 Å². The first kappa shape index (κ1) is 17.8. The number of pyridine rings is 1. The van der Waals surface area contributed by atoms with Gasteiger partial charge in [-0.15, -0.1) is 0 Å². The first-order valence-corrected chi connectivity index (χ1v) is 8.83. The molecule has 132 valence electrons. The van der Waals surface area contributed by atoms with Crippen molar-refractivity contribution in [1.82, 2.24) is 9.88 Å². The molecule has 5 nitrogen and oxygen atoms in total. The fraction of sp³-hybridized carbons (Fsp3) is 0.333. The highest BCUT2D eigenvalue weighted by molar-refractivity contribution is 9.10. The van der Waals surface area contributed by atoms with Gasteiger partial charge in [-0.25, -0.2) is 4.39 Å².